The molecule has 1 N–H and O–H groups in total. The van der Waals surface area contributed by atoms with Crippen LogP contribution in [0.5, 0.6) is 0 Å². The van der Waals surface area contributed by atoms with E-state index in [2.05, 4.69) is 20.3 Å². The van der Waals surface area contributed by atoms with Gasteiger partial charge in [-0.1, -0.05) is 0 Å². The largest absolute Gasteiger partial charge is 0.364 e. The minimum absolute atomic E-state index is 0.666. The third kappa shape index (κ3) is 2.76. The fraction of sp³-hybridized carbons (Fsp3) is 0.250. The average molecular weight is 214 g/mol. The third-order valence-electron chi connectivity index (χ3n) is 2.20. The van der Waals surface area contributed by atoms with Gasteiger partial charge in [0.2, 0.25) is 0 Å². The Morgan fingerprint density at radius 3 is 2.69 bits per heavy atom. The van der Waals surface area contributed by atoms with Crippen molar-refractivity contribution in [3.63, 3.8) is 0 Å². The predicted octanol–water partition coefficient (Wildman–Crippen LogP) is 2.10. The molecule has 0 unspecified atom stereocenters. The Morgan fingerprint density at radius 2 is 1.94 bits per heavy atom. The van der Waals surface area contributed by atoms with E-state index in [1.165, 1.54) is 5.56 Å². The predicted molar refractivity (Wildman–Crippen MR) is 63.1 cm³/mol. The summed E-state index contributed by atoms with van der Waals surface area (Å²) in [5.74, 6) is 1.66. The molecule has 0 saturated heterocycles. The summed E-state index contributed by atoms with van der Waals surface area (Å²) in [4.78, 5) is 12.6. The Labute approximate surface area is 94.8 Å². The van der Waals surface area contributed by atoms with Crippen LogP contribution in [0.1, 0.15) is 17.1 Å². The van der Waals surface area contributed by atoms with E-state index in [9.17, 15) is 0 Å². The number of aryl methyl sites for hydroxylation is 2. The van der Waals surface area contributed by atoms with E-state index < -0.39 is 0 Å². The number of rotatable bonds is 3. The van der Waals surface area contributed by atoms with Gasteiger partial charge in [0.25, 0.3) is 0 Å². The van der Waals surface area contributed by atoms with Gasteiger partial charge in [-0.2, -0.15) is 0 Å². The van der Waals surface area contributed by atoms with Gasteiger partial charge < -0.3 is 5.32 Å². The number of anilines is 1. The molecule has 0 spiro atoms. The summed E-state index contributed by atoms with van der Waals surface area (Å²) >= 11 is 0. The van der Waals surface area contributed by atoms with Gasteiger partial charge in [0.15, 0.2) is 0 Å². The van der Waals surface area contributed by atoms with Crippen molar-refractivity contribution in [2.45, 2.75) is 20.4 Å². The number of nitrogens with zero attached hydrogens (tertiary/aromatic N) is 3. The highest BCUT2D eigenvalue weighted by atomic mass is 15.0. The zero-order valence-corrected chi connectivity index (χ0v) is 9.44. The van der Waals surface area contributed by atoms with Crippen LogP contribution in [0.4, 0.5) is 5.82 Å². The van der Waals surface area contributed by atoms with Crippen LogP contribution < -0.4 is 5.32 Å². The fourth-order valence-electron chi connectivity index (χ4n) is 1.42. The normalized spacial score (nSPS) is 10.1. The molecule has 4 nitrogen and oxygen atoms in total. The van der Waals surface area contributed by atoms with E-state index in [-0.39, 0.29) is 0 Å². The van der Waals surface area contributed by atoms with Crippen LogP contribution in [-0.4, -0.2) is 15.0 Å². The highest BCUT2D eigenvalue weighted by Gasteiger charge is 1.97. The number of pyridine rings is 1. The minimum atomic E-state index is 0.666. The smallest absolute Gasteiger partial charge is 0.126 e. The lowest BCUT2D eigenvalue weighted by atomic mass is 10.3. The monoisotopic (exact) mass is 214 g/mol. The lowest BCUT2D eigenvalue weighted by Crippen LogP contribution is -2.04. The third-order valence-corrected chi connectivity index (χ3v) is 2.20. The first-order valence-corrected chi connectivity index (χ1v) is 5.19. The average Bonchev–Trinajstić information content (AvgIpc) is 2.27. The molecule has 16 heavy (non-hydrogen) atoms. The zero-order chi connectivity index (χ0) is 11.4. The van der Waals surface area contributed by atoms with Crippen molar-refractivity contribution in [1.82, 2.24) is 15.0 Å². The second kappa shape index (κ2) is 4.70. The summed E-state index contributed by atoms with van der Waals surface area (Å²) in [7, 11) is 0. The number of hydrogen-bond acceptors (Lipinski definition) is 4. The van der Waals surface area contributed by atoms with Crippen LogP contribution in [0.15, 0.2) is 30.6 Å². The Balaban J connectivity index is 2.02. The van der Waals surface area contributed by atoms with Crippen molar-refractivity contribution in [3.8, 4) is 0 Å². The first-order chi connectivity index (χ1) is 7.74. The highest BCUT2D eigenvalue weighted by Crippen LogP contribution is 2.06. The van der Waals surface area contributed by atoms with Crippen molar-refractivity contribution in [1.29, 1.82) is 0 Å². The Kier molecular flexibility index (Phi) is 3.10. The maximum Gasteiger partial charge on any atom is 0.126 e. The quantitative estimate of drug-likeness (QED) is 0.850. The van der Waals surface area contributed by atoms with Gasteiger partial charge in [-0.3, -0.25) is 0 Å². The van der Waals surface area contributed by atoms with Crippen molar-refractivity contribution in [3.05, 3.63) is 47.7 Å². The molecule has 2 rings (SSSR count). The minimum Gasteiger partial charge on any atom is -0.364 e. The summed E-state index contributed by atoms with van der Waals surface area (Å²) in [6.07, 6.45) is 3.56. The summed E-state index contributed by atoms with van der Waals surface area (Å²) in [6.45, 7) is 4.59. The van der Waals surface area contributed by atoms with Crippen LogP contribution in [0.2, 0.25) is 0 Å². The van der Waals surface area contributed by atoms with Crippen molar-refractivity contribution >= 4 is 5.82 Å². The van der Waals surface area contributed by atoms with Crippen molar-refractivity contribution in [2.75, 3.05) is 5.32 Å². The molecule has 0 amide bonds. The fourth-order valence-corrected chi connectivity index (χ4v) is 1.42. The lowest BCUT2D eigenvalue weighted by molar-refractivity contribution is 0.949. The van der Waals surface area contributed by atoms with E-state index in [1.54, 1.807) is 12.4 Å². The zero-order valence-electron chi connectivity index (χ0n) is 9.44. The summed E-state index contributed by atoms with van der Waals surface area (Å²) in [5, 5.41) is 3.23. The Bertz CT molecular complexity index is 436. The molecule has 2 heterocycles. The van der Waals surface area contributed by atoms with E-state index in [4.69, 9.17) is 0 Å². The van der Waals surface area contributed by atoms with Crippen molar-refractivity contribution < 1.29 is 0 Å². The van der Waals surface area contributed by atoms with Gasteiger partial charge in [0, 0.05) is 12.4 Å². The van der Waals surface area contributed by atoms with E-state index in [1.807, 2.05) is 32.0 Å². The number of nitrogens with one attached hydrogen (secondary N) is 1. The molecule has 4 heteroatoms. The molecule has 0 radical (unpaired) electrons. The number of aromatic nitrogens is 3. The summed E-state index contributed by atoms with van der Waals surface area (Å²) in [5.41, 5.74) is 2.16. The molecule has 0 saturated carbocycles. The summed E-state index contributed by atoms with van der Waals surface area (Å²) < 4.78 is 0. The van der Waals surface area contributed by atoms with E-state index in [0.29, 0.717) is 6.54 Å². The maximum atomic E-state index is 4.31. The van der Waals surface area contributed by atoms with Crippen LogP contribution in [0, 0.1) is 13.8 Å². The van der Waals surface area contributed by atoms with E-state index >= 15 is 0 Å². The molecular weight excluding hydrogens is 200 g/mol. The molecule has 2 aromatic rings. The molecule has 0 aromatic carbocycles. The van der Waals surface area contributed by atoms with Gasteiger partial charge in [0.05, 0.1) is 12.2 Å². The molecule has 82 valence electrons. The first kappa shape index (κ1) is 10.5. The first-order valence-electron chi connectivity index (χ1n) is 5.19. The van der Waals surface area contributed by atoms with Crippen LogP contribution >= 0.6 is 0 Å². The topological polar surface area (TPSA) is 50.7 Å². The van der Waals surface area contributed by atoms with Gasteiger partial charge in [-0.05, 0) is 37.6 Å². The highest BCUT2D eigenvalue weighted by molar-refractivity contribution is 5.37. The Hall–Kier alpha value is -1.97. The Morgan fingerprint density at radius 1 is 1.12 bits per heavy atom. The lowest BCUT2D eigenvalue weighted by Gasteiger charge is -2.05. The number of hydrogen-bond donors (Lipinski definition) is 1. The second-order valence-corrected chi connectivity index (χ2v) is 3.67. The second-order valence-electron chi connectivity index (χ2n) is 3.67. The molecule has 0 aliphatic carbocycles. The van der Waals surface area contributed by atoms with Crippen molar-refractivity contribution in [2.24, 2.45) is 0 Å². The SMILES string of the molecule is Cc1ccnc(NCc2ccnc(C)n2)c1. The maximum absolute atomic E-state index is 4.31. The molecule has 2 aromatic heterocycles. The molecule has 0 aliphatic rings. The molecule has 0 atom stereocenters. The van der Waals surface area contributed by atoms with Crippen LogP contribution in [0.3, 0.4) is 0 Å². The summed E-state index contributed by atoms with van der Waals surface area (Å²) in [6, 6.07) is 5.88. The molecule has 0 fully saturated rings. The van der Waals surface area contributed by atoms with Crippen LogP contribution in [-0.2, 0) is 6.54 Å². The molecule has 0 bridgehead atoms. The molecular formula is C12H14N4. The van der Waals surface area contributed by atoms with Gasteiger partial charge in [-0.25, -0.2) is 15.0 Å². The standard InChI is InChI=1S/C12H14N4/c1-9-3-5-14-12(7-9)15-8-11-4-6-13-10(2)16-11/h3-7H,8H2,1-2H3,(H,14,15). The molecule has 0 aliphatic heterocycles. The van der Waals surface area contributed by atoms with E-state index in [0.717, 1.165) is 17.3 Å². The van der Waals surface area contributed by atoms with Gasteiger partial charge in [0.1, 0.15) is 11.6 Å². The van der Waals surface area contributed by atoms with Gasteiger partial charge in [-0.15, -0.1) is 0 Å². The van der Waals surface area contributed by atoms with Crippen LogP contribution in [0.25, 0.3) is 0 Å². The van der Waals surface area contributed by atoms with Gasteiger partial charge >= 0.3 is 0 Å².